The lowest BCUT2D eigenvalue weighted by Gasteiger charge is -2.11. The second kappa shape index (κ2) is 12.7. The van der Waals surface area contributed by atoms with E-state index in [1.54, 1.807) is 0 Å². The van der Waals surface area contributed by atoms with Crippen LogP contribution >= 0.6 is 0 Å². The molecular formula is C31H42N2. The summed E-state index contributed by atoms with van der Waals surface area (Å²) in [5, 5.41) is 0. The number of aryl methyl sites for hydroxylation is 2. The van der Waals surface area contributed by atoms with Crippen molar-refractivity contribution in [3.63, 3.8) is 0 Å². The van der Waals surface area contributed by atoms with Crippen LogP contribution in [-0.4, -0.2) is 4.70 Å². The lowest BCUT2D eigenvalue weighted by Crippen LogP contribution is -2.03. The third-order valence-electron chi connectivity index (χ3n) is 6.84. The first-order valence-electron chi connectivity index (χ1n) is 13.2. The molecule has 0 spiro atoms. The molecule has 2 heteroatoms. The zero-order valence-corrected chi connectivity index (χ0v) is 21.3. The summed E-state index contributed by atoms with van der Waals surface area (Å²) in [5.41, 5.74) is 20.9. The topological polar surface area (TPSA) is 25.3 Å². The quantitative estimate of drug-likeness (QED) is 0.218. The normalized spacial score (nSPS) is 14.0. The number of rotatable bonds is 13. The molecule has 0 aliphatic carbocycles. The van der Waals surface area contributed by atoms with Crippen molar-refractivity contribution in [2.24, 2.45) is 0 Å². The maximum Gasteiger partial charge on any atom is 0.211 e. The highest BCUT2D eigenvalue weighted by Crippen LogP contribution is 2.42. The highest BCUT2D eigenvalue weighted by molar-refractivity contribution is 5.81. The third kappa shape index (κ3) is 6.31. The van der Waals surface area contributed by atoms with Gasteiger partial charge >= 0.3 is 0 Å². The highest BCUT2D eigenvalue weighted by atomic mass is 15.2. The molecule has 1 heterocycles. The van der Waals surface area contributed by atoms with Crippen LogP contribution in [0.4, 0.5) is 0 Å². The van der Waals surface area contributed by atoms with Crippen LogP contribution in [0.25, 0.3) is 16.9 Å². The first-order valence-corrected chi connectivity index (χ1v) is 13.2. The molecule has 33 heavy (non-hydrogen) atoms. The summed E-state index contributed by atoms with van der Waals surface area (Å²) < 4.78 is 1.48. The minimum Gasteiger partial charge on any atom is -0.493 e. The minimum atomic E-state index is 0.949. The molecule has 1 aliphatic rings. The van der Waals surface area contributed by atoms with Gasteiger partial charge < -0.3 is 5.53 Å². The van der Waals surface area contributed by atoms with Gasteiger partial charge in [0.2, 0.25) is 11.4 Å². The Labute approximate surface area is 201 Å². The Hall–Kier alpha value is -2.48. The van der Waals surface area contributed by atoms with Crippen molar-refractivity contribution in [2.75, 3.05) is 0 Å². The number of benzene rings is 2. The van der Waals surface area contributed by atoms with Gasteiger partial charge in [0.25, 0.3) is 0 Å². The minimum absolute atomic E-state index is 0.949. The summed E-state index contributed by atoms with van der Waals surface area (Å²) >= 11 is 0. The molecule has 0 atom stereocenters. The van der Waals surface area contributed by atoms with E-state index in [2.05, 4.69) is 76.2 Å². The lowest BCUT2D eigenvalue weighted by atomic mass is 9.95. The van der Waals surface area contributed by atoms with Gasteiger partial charge in [-0.25, -0.2) is 4.70 Å². The number of hydrogen-bond donors (Lipinski definition) is 0. The molecule has 1 aliphatic heterocycles. The van der Waals surface area contributed by atoms with E-state index in [1.165, 1.54) is 65.5 Å². The van der Waals surface area contributed by atoms with Crippen LogP contribution in [0, 0.1) is 0 Å². The molecule has 176 valence electrons. The van der Waals surface area contributed by atoms with E-state index in [1.807, 2.05) is 0 Å². The Morgan fingerprint density at radius 2 is 1.15 bits per heavy atom. The summed E-state index contributed by atoms with van der Waals surface area (Å²) in [5.74, 6) is 0. The average molecular weight is 443 g/mol. The fourth-order valence-electron chi connectivity index (χ4n) is 4.92. The van der Waals surface area contributed by atoms with Crippen molar-refractivity contribution in [1.82, 2.24) is 0 Å². The number of unbranched alkanes of at least 4 members (excludes halogenated alkanes) is 5. The first-order chi connectivity index (χ1) is 16.1. The molecule has 3 rings (SSSR count). The second-order valence-electron chi connectivity index (χ2n) is 9.53. The maximum absolute atomic E-state index is 11.5. The molecule has 2 aromatic rings. The fraction of sp³-hybridized carbons (Fsp3) is 0.484. The summed E-state index contributed by atoms with van der Waals surface area (Å²) in [6.45, 7) is 8.92. The third-order valence-corrected chi connectivity index (χ3v) is 6.84. The standard InChI is InChI=1S/C31H42N2/c1-5-8-11-15-25-17-13-19-27(22-25)30-24(4)29(21-10-7-3)31(33(30)32)28-20-14-18-26(23-28)16-12-9-6-2/h13-14,17-20,22-23H,5-12,15-16,21H2,1-4H3. The van der Waals surface area contributed by atoms with Crippen molar-refractivity contribution in [3.05, 3.63) is 87.5 Å². The molecule has 0 fully saturated rings. The van der Waals surface area contributed by atoms with Crippen LogP contribution in [-0.2, 0) is 12.8 Å². The fourth-order valence-corrected chi connectivity index (χ4v) is 4.92. The van der Waals surface area contributed by atoms with Crippen molar-refractivity contribution < 1.29 is 4.70 Å². The number of allylic oxidation sites excluding steroid dienone is 2. The zero-order valence-electron chi connectivity index (χ0n) is 21.3. The van der Waals surface area contributed by atoms with E-state index in [-0.39, 0.29) is 0 Å². The zero-order chi connectivity index (χ0) is 23.6. The van der Waals surface area contributed by atoms with Gasteiger partial charge in [-0.15, -0.1) is 0 Å². The molecule has 0 radical (unpaired) electrons. The Morgan fingerprint density at radius 1 is 0.636 bits per heavy atom. The van der Waals surface area contributed by atoms with Crippen molar-refractivity contribution in [3.8, 4) is 0 Å². The van der Waals surface area contributed by atoms with Crippen LogP contribution in [0.2, 0.25) is 0 Å². The molecule has 2 aromatic carbocycles. The monoisotopic (exact) mass is 442 g/mol. The molecule has 0 unspecified atom stereocenters. The van der Waals surface area contributed by atoms with E-state index in [9.17, 15) is 5.53 Å². The average Bonchev–Trinajstić information content (AvgIpc) is 3.07. The number of nitrogens with zero attached hydrogens (tertiary/aromatic N) is 2. The largest absolute Gasteiger partial charge is 0.493 e. The summed E-state index contributed by atoms with van der Waals surface area (Å²) in [6.07, 6.45) is 12.9. The molecule has 0 N–H and O–H groups in total. The Kier molecular flexibility index (Phi) is 9.66. The number of hydrogen-bond acceptors (Lipinski definition) is 0. The van der Waals surface area contributed by atoms with E-state index < -0.39 is 0 Å². The molecule has 0 saturated carbocycles. The van der Waals surface area contributed by atoms with E-state index in [4.69, 9.17) is 0 Å². The van der Waals surface area contributed by atoms with Crippen LogP contribution in [0.1, 0.15) is 108 Å². The van der Waals surface area contributed by atoms with Gasteiger partial charge in [-0.3, -0.25) is 0 Å². The van der Waals surface area contributed by atoms with Gasteiger partial charge in [0.05, 0.1) is 0 Å². The van der Waals surface area contributed by atoms with E-state index in [0.29, 0.717) is 0 Å². The van der Waals surface area contributed by atoms with E-state index in [0.717, 1.165) is 54.6 Å². The van der Waals surface area contributed by atoms with Crippen LogP contribution in [0.5, 0.6) is 0 Å². The van der Waals surface area contributed by atoms with Gasteiger partial charge in [0.15, 0.2) is 0 Å². The molecule has 0 bridgehead atoms. The van der Waals surface area contributed by atoms with Gasteiger partial charge in [-0.2, -0.15) is 0 Å². The maximum atomic E-state index is 11.5. The van der Waals surface area contributed by atoms with Crippen LogP contribution < -0.4 is 0 Å². The van der Waals surface area contributed by atoms with Crippen molar-refractivity contribution in [2.45, 2.75) is 98.3 Å². The molecule has 2 nitrogen and oxygen atoms in total. The molecule has 0 saturated heterocycles. The van der Waals surface area contributed by atoms with E-state index >= 15 is 0 Å². The Balaban J connectivity index is 1.95. The summed E-state index contributed by atoms with van der Waals surface area (Å²) in [6, 6.07) is 17.6. The molecule has 0 aromatic heterocycles. The first kappa shape index (κ1) is 25.1. The van der Waals surface area contributed by atoms with Crippen LogP contribution in [0.3, 0.4) is 0 Å². The lowest BCUT2D eigenvalue weighted by molar-refractivity contribution is -0.345. The van der Waals surface area contributed by atoms with Gasteiger partial charge in [-0.1, -0.05) is 77.1 Å². The summed E-state index contributed by atoms with van der Waals surface area (Å²) in [7, 11) is 0. The molecular weight excluding hydrogens is 400 g/mol. The van der Waals surface area contributed by atoms with Gasteiger partial charge in [0, 0.05) is 22.3 Å². The molecule has 0 amide bonds. The van der Waals surface area contributed by atoms with Gasteiger partial charge in [0.1, 0.15) is 0 Å². The highest BCUT2D eigenvalue weighted by Gasteiger charge is 2.33. The van der Waals surface area contributed by atoms with Crippen LogP contribution in [0.15, 0.2) is 59.7 Å². The second-order valence-corrected chi connectivity index (χ2v) is 9.53. The van der Waals surface area contributed by atoms with Crippen molar-refractivity contribution >= 4 is 11.4 Å². The Morgan fingerprint density at radius 3 is 1.67 bits per heavy atom. The SMILES string of the molecule is CCCCCc1cccc(C2=C(C)C(CCCC)=C(c3cccc(CCCCC)c3)[N+]2=[N-])c1. The van der Waals surface area contributed by atoms with Gasteiger partial charge in [-0.05, 0) is 80.8 Å². The Bertz CT molecular complexity index is 1010. The summed E-state index contributed by atoms with van der Waals surface area (Å²) in [4.78, 5) is 0. The smallest absolute Gasteiger partial charge is 0.211 e. The predicted molar refractivity (Wildman–Crippen MR) is 142 cm³/mol. The predicted octanol–water partition coefficient (Wildman–Crippen LogP) is 9.53. The van der Waals surface area contributed by atoms with Crippen molar-refractivity contribution in [1.29, 1.82) is 0 Å².